The maximum Gasteiger partial charge on any atom is 0.251 e. The summed E-state index contributed by atoms with van der Waals surface area (Å²) in [6.45, 7) is 4.04. The second kappa shape index (κ2) is 6.20. The van der Waals surface area contributed by atoms with Crippen molar-refractivity contribution < 1.29 is 9.59 Å². The predicted octanol–water partition coefficient (Wildman–Crippen LogP) is 0.909. The van der Waals surface area contributed by atoms with Crippen molar-refractivity contribution >= 4 is 23.4 Å². The molecule has 6 heteroatoms. The molecule has 1 aromatic rings. The Bertz CT molecular complexity index is 414. The Morgan fingerprint density at radius 2 is 2.06 bits per heavy atom. The van der Waals surface area contributed by atoms with Crippen LogP contribution in [-0.4, -0.2) is 29.9 Å². The van der Waals surface area contributed by atoms with E-state index in [-0.39, 0.29) is 23.5 Å². The van der Waals surface area contributed by atoms with Crippen LogP contribution < -0.4 is 10.6 Å². The molecule has 0 atom stereocenters. The zero-order valence-corrected chi connectivity index (χ0v) is 10.5. The quantitative estimate of drug-likeness (QED) is 0.786. The van der Waals surface area contributed by atoms with Crippen LogP contribution in [0, 0.1) is 6.92 Å². The standard InChI is InChI=1S/C11H14ClN3O2/c1-3-13-10(16)6-14-11(17)8-4-7(2)15-9(12)5-8/h4-5H,3,6H2,1-2H3,(H,13,16)(H,14,17). The Balaban J connectivity index is 2.61. The van der Waals surface area contributed by atoms with Crippen LogP contribution in [0.4, 0.5) is 0 Å². The minimum atomic E-state index is -0.344. The summed E-state index contributed by atoms with van der Waals surface area (Å²) in [7, 11) is 0. The molecule has 1 aromatic heterocycles. The van der Waals surface area contributed by atoms with Crippen molar-refractivity contribution in [1.29, 1.82) is 0 Å². The number of aryl methyl sites for hydroxylation is 1. The number of hydrogen-bond acceptors (Lipinski definition) is 3. The van der Waals surface area contributed by atoms with Crippen molar-refractivity contribution in [2.75, 3.05) is 13.1 Å². The first kappa shape index (κ1) is 13.4. The third-order valence-corrected chi connectivity index (χ3v) is 2.16. The Morgan fingerprint density at radius 1 is 1.35 bits per heavy atom. The maximum atomic E-state index is 11.7. The van der Waals surface area contributed by atoms with Gasteiger partial charge in [-0.3, -0.25) is 9.59 Å². The molecule has 0 radical (unpaired) electrons. The zero-order valence-electron chi connectivity index (χ0n) is 9.71. The van der Waals surface area contributed by atoms with Gasteiger partial charge in [-0.05, 0) is 26.0 Å². The van der Waals surface area contributed by atoms with Crippen LogP contribution in [0.15, 0.2) is 12.1 Å². The minimum absolute atomic E-state index is 0.0499. The largest absolute Gasteiger partial charge is 0.355 e. The summed E-state index contributed by atoms with van der Waals surface area (Å²) in [5.41, 5.74) is 1.05. The van der Waals surface area contributed by atoms with Gasteiger partial charge in [-0.25, -0.2) is 4.98 Å². The molecule has 2 N–H and O–H groups in total. The SMILES string of the molecule is CCNC(=O)CNC(=O)c1cc(C)nc(Cl)c1. The number of pyridine rings is 1. The molecule has 0 aromatic carbocycles. The monoisotopic (exact) mass is 255 g/mol. The van der Waals surface area contributed by atoms with Crippen LogP contribution in [0.3, 0.4) is 0 Å². The van der Waals surface area contributed by atoms with E-state index in [2.05, 4.69) is 15.6 Å². The number of carbonyl (C=O) groups is 2. The van der Waals surface area contributed by atoms with Crippen molar-refractivity contribution in [3.05, 3.63) is 28.5 Å². The van der Waals surface area contributed by atoms with Crippen LogP contribution in [0.1, 0.15) is 23.0 Å². The van der Waals surface area contributed by atoms with Gasteiger partial charge in [0.25, 0.3) is 5.91 Å². The van der Waals surface area contributed by atoms with Crippen molar-refractivity contribution in [3.63, 3.8) is 0 Å². The van der Waals surface area contributed by atoms with E-state index in [0.717, 1.165) is 0 Å². The summed E-state index contributed by atoms with van der Waals surface area (Å²) in [6, 6.07) is 3.07. The zero-order chi connectivity index (χ0) is 12.8. The number of carbonyl (C=O) groups excluding carboxylic acids is 2. The van der Waals surface area contributed by atoms with Gasteiger partial charge in [-0.2, -0.15) is 0 Å². The van der Waals surface area contributed by atoms with E-state index >= 15 is 0 Å². The fraction of sp³-hybridized carbons (Fsp3) is 0.364. The predicted molar refractivity (Wildman–Crippen MR) is 65.0 cm³/mol. The number of aromatic nitrogens is 1. The van der Waals surface area contributed by atoms with E-state index in [0.29, 0.717) is 17.8 Å². The molecule has 0 saturated heterocycles. The second-order valence-electron chi connectivity index (χ2n) is 3.46. The van der Waals surface area contributed by atoms with Gasteiger partial charge in [-0.15, -0.1) is 0 Å². The highest BCUT2D eigenvalue weighted by molar-refractivity contribution is 6.29. The summed E-state index contributed by atoms with van der Waals surface area (Å²) < 4.78 is 0. The molecule has 92 valence electrons. The molecule has 0 saturated carbocycles. The molecular formula is C11H14ClN3O2. The number of nitrogens with zero attached hydrogens (tertiary/aromatic N) is 1. The normalized spacial score (nSPS) is 9.82. The lowest BCUT2D eigenvalue weighted by Crippen LogP contribution is -2.36. The summed E-state index contributed by atoms with van der Waals surface area (Å²) in [5.74, 6) is -0.568. The first-order valence-corrected chi connectivity index (χ1v) is 5.59. The topological polar surface area (TPSA) is 71.1 Å². The first-order valence-electron chi connectivity index (χ1n) is 5.22. The van der Waals surface area contributed by atoms with E-state index < -0.39 is 0 Å². The Hall–Kier alpha value is -1.62. The van der Waals surface area contributed by atoms with E-state index in [1.807, 2.05) is 6.92 Å². The Morgan fingerprint density at radius 3 is 2.65 bits per heavy atom. The van der Waals surface area contributed by atoms with E-state index in [1.54, 1.807) is 13.0 Å². The van der Waals surface area contributed by atoms with Gasteiger partial charge < -0.3 is 10.6 Å². The van der Waals surface area contributed by atoms with Crippen LogP contribution in [0.2, 0.25) is 5.15 Å². The van der Waals surface area contributed by atoms with Gasteiger partial charge in [0.1, 0.15) is 5.15 Å². The van der Waals surface area contributed by atoms with Crippen molar-refractivity contribution in [2.24, 2.45) is 0 Å². The van der Waals surface area contributed by atoms with Gasteiger partial charge in [0.2, 0.25) is 5.91 Å². The summed E-state index contributed by atoms with van der Waals surface area (Å²) >= 11 is 5.74. The molecule has 0 aliphatic carbocycles. The molecule has 0 spiro atoms. The Labute approximate surface area is 105 Å². The van der Waals surface area contributed by atoms with Crippen LogP contribution in [0.25, 0.3) is 0 Å². The molecule has 0 fully saturated rings. The molecule has 1 heterocycles. The second-order valence-corrected chi connectivity index (χ2v) is 3.84. The van der Waals surface area contributed by atoms with Gasteiger partial charge in [0, 0.05) is 17.8 Å². The fourth-order valence-corrected chi connectivity index (χ4v) is 1.53. The van der Waals surface area contributed by atoms with Crippen LogP contribution in [-0.2, 0) is 4.79 Å². The highest BCUT2D eigenvalue weighted by Gasteiger charge is 2.09. The van der Waals surface area contributed by atoms with Gasteiger partial charge in [0.15, 0.2) is 0 Å². The average molecular weight is 256 g/mol. The van der Waals surface area contributed by atoms with Crippen molar-refractivity contribution in [1.82, 2.24) is 15.6 Å². The number of amides is 2. The number of likely N-dealkylation sites (N-methyl/N-ethyl adjacent to an activating group) is 1. The third-order valence-electron chi connectivity index (χ3n) is 1.97. The first-order chi connectivity index (χ1) is 8.02. The highest BCUT2D eigenvalue weighted by Crippen LogP contribution is 2.09. The van der Waals surface area contributed by atoms with E-state index in [1.165, 1.54) is 6.07 Å². The lowest BCUT2D eigenvalue weighted by Gasteiger charge is -2.06. The summed E-state index contributed by atoms with van der Waals surface area (Å²) in [4.78, 5) is 26.8. The fourth-order valence-electron chi connectivity index (χ4n) is 1.28. The van der Waals surface area contributed by atoms with Gasteiger partial charge >= 0.3 is 0 Å². The highest BCUT2D eigenvalue weighted by atomic mass is 35.5. The molecule has 0 unspecified atom stereocenters. The maximum absolute atomic E-state index is 11.7. The number of halogens is 1. The molecule has 0 aliphatic rings. The summed E-state index contributed by atoms with van der Waals surface area (Å²) in [5, 5.41) is 5.34. The minimum Gasteiger partial charge on any atom is -0.355 e. The van der Waals surface area contributed by atoms with Crippen LogP contribution in [0.5, 0.6) is 0 Å². The molecule has 0 bridgehead atoms. The molecule has 5 nitrogen and oxygen atoms in total. The van der Waals surface area contributed by atoms with Crippen molar-refractivity contribution in [2.45, 2.75) is 13.8 Å². The summed E-state index contributed by atoms with van der Waals surface area (Å²) in [6.07, 6.45) is 0. The molecule has 17 heavy (non-hydrogen) atoms. The van der Waals surface area contributed by atoms with Crippen molar-refractivity contribution in [3.8, 4) is 0 Å². The third kappa shape index (κ3) is 4.40. The lowest BCUT2D eigenvalue weighted by molar-refractivity contribution is -0.120. The smallest absolute Gasteiger partial charge is 0.251 e. The van der Waals surface area contributed by atoms with Gasteiger partial charge in [-0.1, -0.05) is 11.6 Å². The van der Waals surface area contributed by atoms with Crippen LogP contribution >= 0.6 is 11.6 Å². The number of nitrogens with one attached hydrogen (secondary N) is 2. The average Bonchev–Trinajstić information content (AvgIpc) is 2.25. The number of hydrogen-bond donors (Lipinski definition) is 2. The van der Waals surface area contributed by atoms with E-state index in [9.17, 15) is 9.59 Å². The molecule has 2 amide bonds. The molecule has 0 aliphatic heterocycles. The van der Waals surface area contributed by atoms with Gasteiger partial charge in [0.05, 0.1) is 6.54 Å². The lowest BCUT2D eigenvalue weighted by atomic mass is 10.2. The Kier molecular flexibility index (Phi) is 4.90. The molecule has 1 rings (SSSR count). The molecular weight excluding hydrogens is 242 g/mol. The van der Waals surface area contributed by atoms with E-state index in [4.69, 9.17) is 11.6 Å². The number of rotatable bonds is 4.